The lowest BCUT2D eigenvalue weighted by molar-refractivity contribution is -0.138. The maximum atomic E-state index is 13.2. The summed E-state index contributed by atoms with van der Waals surface area (Å²) < 4.78 is 48.8. The Labute approximate surface area is 171 Å². The zero-order chi connectivity index (χ0) is 22.5. The molecule has 1 aromatic carbocycles. The van der Waals surface area contributed by atoms with Gasteiger partial charge in [0.2, 0.25) is 0 Å². The summed E-state index contributed by atoms with van der Waals surface area (Å²) >= 11 is 0. The molecule has 0 unspecified atom stereocenters. The summed E-state index contributed by atoms with van der Waals surface area (Å²) in [6.45, 7) is 0. The molecular weight excluding hydrogens is 403 g/mol. The van der Waals surface area contributed by atoms with Crippen LogP contribution in [0.25, 0.3) is 11.3 Å². The molecule has 0 saturated heterocycles. The molecule has 0 radical (unpaired) electrons. The number of carbonyl (C=O) groups is 2. The molecule has 0 saturated carbocycles. The van der Waals surface area contributed by atoms with Crippen LogP contribution in [0.5, 0.6) is 0 Å². The van der Waals surface area contributed by atoms with Crippen molar-refractivity contribution in [2.75, 3.05) is 38.5 Å². The normalized spacial score (nSPS) is 11.6. The van der Waals surface area contributed by atoms with Crippen LogP contribution in [0.4, 0.5) is 24.7 Å². The fourth-order valence-corrected chi connectivity index (χ4v) is 2.37. The predicted molar refractivity (Wildman–Crippen MR) is 105 cm³/mol. The summed E-state index contributed by atoms with van der Waals surface area (Å²) in [5.41, 5.74) is 0.000347. The molecular formula is C20H20F3N3O4. The largest absolute Gasteiger partial charge is 0.466 e. The first-order valence-electron chi connectivity index (χ1n) is 8.57. The van der Waals surface area contributed by atoms with E-state index in [4.69, 9.17) is 0 Å². The number of nitrogens with one attached hydrogen (secondary N) is 1. The fraction of sp³-hybridized carbons (Fsp3) is 0.250. The lowest BCUT2D eigenvalue weighted by Crippen LogP contribution is -2.15. The van der Waals surface area contributed by atoms with E-state index < -0.39 is 23.7 Å². The highest BCUT2D eigenvalue weighted by Gasteiger charge is 2.32. The van der Waals surface area contributed by atoms with Gasteiger partial charge in [-0.25, -0.2) is 14.6 Å². The van der Waals surface area contributed by atoms with Gasteiger partial charge in [0, 0.05) is 25.3 Å². The van der Waals surface area contributed by atoms with Crippen LogP contribution in [0.15, 0.2) is 48.2 Å². The zero-order valence-electron chi connectivity index (χ0n) is 16.7. The number of halogens is 3. The van der Waals surface area contributed by atoms with Crippen LogP contribution in [0.1, 0.15) is 5.56 Å². The summed E-state index contributed by atoms with van der Waals surface area (Å²) in [4.78, 5) is 29.0. The molecule has 0 aliphatic carbocycles. The van der Waals surface area contributed by atoms with Crippen LogP contribution < -0.4 is 10.2 Å². The van der Waals surface area contributed by atoms with Crippen molar-refractivity contribution < 1.29 is 32.2 Å². The van der Waals surface area contributed by atoms with Gasteiger partial charge in [0.15, 0.2) is 0 Å². The maximum absolute atomic E-state index is 13.2. The van der Waals surface area contributed by atoms with Gasteiger partial charge < -0.3 is 19.7 Å². The van der Waals surface area contributed by atoms with Gasteiger partial charge in [-0.1, -0.05) is 12.1 Å². The molecule has 10 heteroatoms. The third-order valence-electron chi connectivity index (χ3n) is 3.93. The van der Waals surface area contributed by atoms with E-state index in [0.717, 1.165) is 32.4 Å². The molecule has 2 rings (SSSR count). The number of anilines is 2. The average molecular weight is 423 g/mol. The molecule has 7 nitrogen and oxygen atoms in total. The number of rotatable bonds is 6. The summed E-state index contributed by atoms with van der Waals surface area (Å²) in [5, 5.41) is 2.72. The standard InChI is InChI=1S/C20H20F3N3O4/c1-26(2)17-10-13(20(21,22)23)9-15(25-17)12-5-7-14(8-6-12)24-16(19(28)30-4)11-18(27)29-3/h5-11,24H,1-4H3/b16-11+. The number of pyridine rings is 1. The van der Waals surface area contributed by atoms with Crippen molar-refractivity contribution in [2.45, 2.75) is 6.18 Å². The van der Waals surface area contributed by atoms with Crippen LogP contribution in [-0.2, 0) is 25.2 Å². The van der Waals surface area contributed by atoms with E-state index in [9.17, 15) is 22.8 Å². The summed E-state index contributed by atoms with van der Waals surface area (Å²) in [6, 6.07) is 8.07. The van der Waals surface area contributed by atoms with E-state index in [0.29, 0.717) is 11.3 Å². The minimum atomic E-state index is -4.52. The van der Waals surface area contributed by atoms with E-state index in [1.807, 2.05) is 0 Å². The Morgan fingerprint density at radius 3 is 2.20 bits per heavy atom. The summed E-state index contributed by atoms with van der Waals surface area (Å²) in [5.74, 6) is -1.39. The number of aromatic nitrogens is 1. The van der Waals surface area contributed by atoms with E-state index in [2.05, 4.69) is 19.8 Å². The number of nitrogens with zero attached hydrogens (tertiary/aromatic N) is 2. The van der Waals surface area contributed by atoms with Gasteiger partial charge in [-0.05, 0) is 24.3 Å². The van der Waals surface area contributed by atoms with Crippen molar-refractivity contribution in [2.24, 2.45) is 0 Å². The molecule has 0 bridgehead atoms. The molecule has 0 atom stereocenters. The molecule has 0 spiro atoms. The number of esters is 2. The number of hydrogen-bond acceptors (Lipinski definition) is 7. The molecule has 30 heavy (non-hydrogen) atoms. The minimum absolute atomic E-state index is 0.137. The summed E-state index contributed by atoms with van der Waals surface area (Å²) in [7, 11) is 5.51. The SMILES string of the molecule is COC(=O)/C=C(/Nc1ccc(-c2cc(C(F)(F)F)cc(N(C)C)n2)cc1)C(=O)OC. The van der Waals surface area contributed by atoms with Gasteiger partial charge in [0.25, 0.3) is 0 Å². The second kappa shape index (κ2) is 9.29. The van der Waals surface area contributed by atoms with Gasteiger partial charge in [0.1, 0.15) is 11.5 Å². The molecule has 0 fully saturated rings. The third-order valence-corrected chi connectivity index (χ3v) is 3.93. The van der Waals surface area contributed by atoms with Gasteiger partial charge in [-0.2, -0.15) is 13.2 Å². The quantitative estimate of drug-likeness (QED) is 0.563. The van der Waals surface area contributed by atoms with Crippen molar-refractivity contribution in [1.29, 1.82) is 0 Å². The van der Waals surface area contributed by atoms with Crippen LogP contribution >= 0.6 is 0 Å². The highest BCUT2D eigenvalue weighted by molar-refractivity contribution is 5.98. The molecule has 2 aromatic rings. The Morgan fingerprint density at radius 1 is 1.07 bits per heavy atom. The first kappa shape index (κ1) is 22.7. The van der Waals surface area contributed by atoms with E-state index in [1.54, 1.807) is 14.1 Å². The smallest absolute Gasteiger partial charge is 0.416 e. The topological polar surface area (TPSA) is 80.8 Å². The van der Waals surface area contributed by atoms with Crippen LogP contribution in [-0.4, -0.2) is 45.2 Å². The molecule has 0 amide bonds. The first-order chi connectivity index (χ1) is 14.0. The number of alkyl halides is 3. The number of hydrogen-bond donors (Lipinski definition) is 1. The van der Waals surface area contributed by atoms with Crippen molar-refractivity contribution in [3.8, 4) is 11.3 Å². The van der Waals surface area contributed by atoms with Gasteiger partial charge in [-0.3, -0.25) is 0 Å². The monoisotopic (exact) mass is 423 g/mol. The number of methoxy groups -OCH3 is 2. The average Bonchev–Trinajstić information content (AvgIpc) is 2.72. The van der Waals surface area contributed by atoms with Gasteiger partial charge in [0.05, 0.1) is 31.6 Å². The molecule has 1 aromatic heterocycles. The highest BCUT2D eigenvalue weighted by Crippen LogP contribution is 2.34. The molecule has 160 valence electrons. The maximum Gasteiger partial charge on any atom is 0.416 e. The Hall–Kier alpha value is -3.56. The van der Waals surface area contributed by atoms with Crippen molar-refractivity contribution >= 4 is 23.4 Å². The van der Waals surface area contributed by atoms with E-state index in [1.165, 1.54) is 29.2 Å². The third kappa shape index (κ3) is 5.72. The van der Waals surface area contributed by atoms with Crippen molar-refractivity contribution in [3.05, 3.63) is 53.7 Å². The second-order valence-electron chi connectivity index (χ2n) is 6.27. The van der Waals surface area contributed by atoms with E-state index in [-0.39, 0.29) is 17.2 Å². The molecule has 1 heterocycles. The Kier molecular flexibility index (Phi) is 7.04. The molecule has 0 aliphatic heterocycles. The van der Waals surface area contributed by atoms with Gasteiger partial charge in [-0.15, -0.1) is 0 Å². The second-order valence-corrected chi connectivity index (χ2v) is 6.27. The molecule has 0 aliphatic rings. The van der Waals surface area contributed by atoms with Crippen LogP contribution in [0, 0.1) is 0 Å². The Morgan fingerprint density at radius 2 is 1.70 bits per heavy atom. The van der Waals surface area contributed by atoms with Crippen LogP contribution in [0.3, 0.4) is 0 Å². The molecule has 1 N–H and O–H groups in total. The van der Waals surface area contributed by atoms with Crippen molar-refractivity contribution in [3.63, 3.8) is 0 Å². The fourth-order valence-electron chi connectivity index (χ4n) is 2.37. The Bertz CT molecular complexity index is 955. The van der Waals surface area contributed by atoms with Crippen LogP contribution in [0.2, 0.25) is 0 Å². The lowest BCUT2D eigenvalue weighted by atomic mass is 10.1. The van der Waals surface area contributed by atoms with Gasteiger partial charge >= 0.3 is 18.1 Å². The lowest BCUT2D eigenvalue weighted by Gasteiger charge is -2.16. The zero-order valence-corrected chi connectivity index (χ0v) is 16.7. The number of benzene rings is 1. The number of carbonyl (C=O) groups excluding carboxylic acids is 2. The van der Waals surface area contributed by atoms with E-state index >= 15 is 0 Å². The first-order valence-corrected chi connectivity index (χ1v) is 8.57. The summed E-state index contributed by atoms with van der Waals surface area (Å²) in [6.07, 6.45) is -3.59. The predicted octanol–water partition coefficient (Wildman–Crippen LogP) is 3.48. The minimum Gasteiger partial charge on any atom is -0.466 e. The highest BCUT2D eigenvalue weighted by atomic mass is 19.4. The Balaban J connectivity index is 2.37. The number of ether oxygens (including phenoxy) is 2. The van der Waals surface area contributed by atoms with Crippen molar-refractivity contribution in [1.82, 2.24) is 4.98 Å².